The van der Waals surface area contributed by atoms with Crippen LogP contribution in [-0.2, 0) is 4.79 Å². The SMILES string of the molecule is Cc1cc(C)c(C(=O)CN2C(=O)CCSC2=O)c(C)c1. The van der Waals surface area contributed by atoms with Crippen molar-refractivity contribution in [3.63, 3.8) is 0 Å². The molecule has 1 aromatic rings. The molecule has 1 aliphatic heterocycles. The van der Waals surface area contributed by atoms with Crippen LogP contribution < -0.4 is 0 Å². The standard InChI is InChI=1S/C15H17NO3S/c1-9-6-10(2)14(11(3)7-9)12(17)8-16-13(18)4-5-20-15(16)19/h6-7H,4-5,8H2,1-3H3. The predicted octanol–water partition coefficient (Wildman–Crippen LogP) is 2.88. The van der Waals surface area contributed by atoms with Gasteiger partial charge in [-0.15, -0.1) is 0 Å². The Morgan fingerprint density at radius 1 is 1.20 bits per heavy atom. The minimum absolute atomic E-state index is 0.157. The Balaban J connectivity index is 2.24. The lowest BCUT2D eigenvalue weighted by Gasteiger charge is -2.24. The van der Waals surface area contributed by atoms with Crippen LogP contribution in [0.1, 0.15) is 33.5 Å². The van der Waals surface area contributed by atoms with E-state index in [4.69, 9.17) is 0 Å². The maximum absolute atomic E-state index is 12.4. The Labute approximate surface area is 122 Å². The average Bonchev–Trinajstić information content (AvgIpc) is 2.32. The zero-order valence-electron chi connectivity index (χ0n) is 11.9. The Hall–Kier alpha value is -1.62. The Kier molecular flexibility index (Phi) is 4.28. The molecule has 0 spiro atoms. The quantitative estimate of drug-likeness (QED) is 0.804. The van der Waals surface area contributed by atoms with Crippen molar-refractivity contribution in [1.29, 1.82) is 0 Å². The first-order valence-corrected chi connectivity index (χ1v) is 7.47. The summed E-state index contributed by atoms with van der Waals surface area (Å²) in [5.41, 5.74) is 3.48. The van der Waals surface area contributed by atoms with Crippen molar-refractivity contribution in [1.82, 2.24) is 4.90 Å². The normalized spacial score (nSPS) is 15.7. The number of benzene rings is 1. The molecule has 1 aliphatic rings. The van der Waals surface area contributed by atoms with Crippen molar-refractivity contribution >= 4 is 28.7 Å². The highest BCUT2D eigenvalue weighted by atomic mass is 32.2. The van der Waals surface area contributed by atoms with E-state index in [0.717, 1.165) is 33.4 Å². The number of amides is 2. The molecule has 0 N–H and O–H groups in total. The van der Waals surface area contributed by atoms with E-state index >= 15 is 0 Å². The van der Waals surface area contributed by atoms with Gasteiger partial charge in [-0.05, 0) is 31.9 Å². The van der Waals surface area contributed by atoms with Crippen molar-refractivity contribution in [2.24, 2.45) is 0 Å². The molecule has 1 heterocycles. The first-order valence-electron chi connectivity index (χ1n) is 6.48. The molecule has 0 unspecified atom stereocenters. The minimum Gasteiger partial charge on any atom is -0.292 e. The van der Waals surface area contributed by atoms with E-state index in [1.807, 2.05) is 32.9 Å². The third kappa shape index (κ3) is 2.93. The fourth-order valence-electron chi connectivity index (χ4n) is 2.54. The fraction of sp³-hybridized carbons (Fsp3) is 0.400. The number of ketones is 1. The molecule has 4 nitrogen and oxygen atoms in total. The second kappa shape index (κ2) is 5.79. The van der Waals surface area contributed by atoms with Crippen LogP contribution in [0.3, 0.4) is 0 Å². The average molecular weight is 291 g/mol. The Morgan fingerprint density at radius 3 is 2.35 bits per heavy atom. The topological polar surface area (TPSA) is 54.5 Å². The van der Waals surface area contributed by atoms with Gasteiger partial charge in [0.2, 0.25) is 5.91 Å². The molecule has 0 bridgehead atoms. The molecular formula is C15H17NO3S. The molecule has 1 saturated heterocycles. The lowest BCUT2D eigenvalue weighted by Crippen LogP contribution is -2.41. The largest absolute Gasteiger partial charge is 0.292 e. The minimum atomic E-state index is -0.322. The van der Waals surface area contributed by atoms with Crippen LogP contribution in [0.2, 0.25) is 0 Å². The number of rotatable bonds is 3. The maximum Gasteiger partial charge on any atom is 0.288 e. The molecule has 1 fully saturated rings. The molecule has 106 valence electrons. The molecule has 1 aromatic carbocycles. The lowest BCUT2D eigenvalue weighted by molar-refractivity contribution is -0.127. The van der Waals surface area contributed by atoms with E-state index in [0.29, 0.717) is 17.7 Å². The lowest BCUT2D eigenvalue weighted by atomic mass is 9.96. The van der Waals surface area contributed by atoms with Crippen LogP contribution in [0, 0.1) is 20.8 Å². The molecule has 0 radical (unpaired) electrons. The van der Waals surface area contributed by atoms with Crippen molar-refractivity contribution in [2.45, 2.75) is 27.2 Å². The zero-order valence-corrected chi connectivity index (χ0v) is 12.7. The van der Waals surface area contributed by atoms with Gasteiger partial charge in [-0.3, -0.25) is 19.3 Å². The molecule has 20 heavy (non-hydrogen) atoms. The second-order valence-electron chi connectivity index (χ2n) is 5.04. The second-order valence-corrected chi connectivity index (χ2v) is 6.09. The van der Waals surface area contributed by atoms with Gasteiger partial charge < -0.3 is 0 Å². The van der Waals surface area contributed by atoms with Crippen LogP contribution in [0.15, 0.2) is 12.1 Å². The zero-order chi connectivity index (χ0) is 14.9. The third-order valence-electron chi connectivity index (χ3n) is 3.32. The summed E-state index contributed by atoms with van der Waals surface area (Å²) in [4.78, 5) is 36.9. The van der Waals surface area contributed by atoms with Crippen molar-refractivity contribution in [2.75, 3.05) is 12.3 Å². The summed E-state index contributed by atoms with van der Waals surface area (Å²) in [7, 11) is 0. The van der Waals surface area contributed by atoms with E-state index in [-0.39, 0.29) is 23.5 Å². The Morgan fingerprint density at radius 2 is 1.80 bits per heavy atom. The first kappa shape index (κ1) is 14.8. The van der Waals surface area contributed by atoms with Crippen LogP contribution in [0.4, 0.5) is 4.79 Å². The summed E-state index contributed by atoms with van der Waals surface area (Å²) < 4.78 is 0. The van der Waals surface area contributed by atoms with Crippen LogP contribution in [-0.4, -0.2) is 34.1 Å². The van der Waals surface area contributed by atoms with Crippen LogP contribution in [0.5, 0.6) is 0 Å². The number of carbonyl (C=O) groups excluding carboxylic acids is 3. The van der Waals surface area contributed by atoms with E-state index in [2.05, 4.69) is 0 Å². The molecule has 0 aromatic heterocycles. The highest BCUT2D eigenvalue weighted by Gasteiger charge is 2.29. The van der Waals surface area contributed by atoms with Gasteiger partial charge in [0, 0.05) is 17.7 Å². The summed E-state index contributed by atoms with van der Waals surface area (Å²) in [6.45, 7) is 5.57. The molecule has 2 rings (SSSR count). The monoisotopic (exact) mass is 291 g/mol. The van der Waals surface area contributed by atoms with Gasteiger partial charge in [0.15, 0.2) is 5.78 Å². The van der Waals surface area contributed by atoms with Gasteiger partial charge in [-0.25, -0.2) is 0 Å². The fourth-order valence-corrected chi connectivity index (χ4v) is 3.31. The van der Waals surface area contributed by atoms with E-state index < -0.39 is 0 Å². The van der Waals surface area contributed by atoms with Gasteiger partial charge >= 0.3 is 0 Å². The number of imide groups is 1. The Bertz CT molecular complexity index is 556. The number of hydrogen-bond donors (Lipinski definition) is 0. The predicted molar refractivity (Wildman–Crippen MR) is 79.2 cm³/mol. The maximum atomic E-state index is 12.4. The number of hydrogen-bond acceptors (Lipinski definition) is 4. The van der Waals surface area contributed by atoms with E-state index in [9.17, 15) is 14.4 Å². The summed E-state index contributed by atoms with van der Waals surface area (Å²) >= 11 is 1.09. The number of aryl methyl sites for hydroxylation is 3. The number of Topliss-reactive ketones (excluding diaryl/α,β-unsaturated/α-hetero) is 1. The highest BCUT2D eigenvalue weighted by molar-refractivity contribution is 8.13. The van der Waals surface area contributed by atoms with Gasteiger partial charge in [0.05, 0.1) is 6.54 Å². The van der Waals surface area contributed by atoms with Crippen molar-refractivity contribution in [3.8, 4) is 0 Å². The smallest absolute Gasteiger partial charge is 0.288 e. The van der Waals surface area contributed by atoms with Gasteiger partial charge in [-0.1, -0.05) is 29.5 Å². The molecular weight excluding hydrogens is 274 g/mol. The molecule has 5 heteroatoms. The third-order valence-corrected chi connectivity index (χ3v) is 4.20. The molecule has 0 saturated carbocycles. The van der Waals surface area contributed by atoms with E-state index in [1.165, 1.54) is 0 Å². The summed E-state index contributed by atoms with van der Waals surface area (Å²) in [5, 5.41) is -0.322. The van der Waals surface area contributed by atoms with Gasteiger partial charge in [-0.2, -0.15) is 0 Å². The van der Waals surface area contributed by atoms with Crippen molar-refractivity contribution < 1.29 is 14.4 Å². The molecule has 2 amide bonds. The first-order chi connectivity index (χ1) is 9.40. The molecule has 0 atom stereocenters. The number of thioether (sulfide) groups is 1. The van der Waals surface area contributed by atoms with E-state index in [1.54, 1.807) is 0 Å². The number of carbonyl (C=O) groups is 3. The number of nitrogens with zero attached hydrogens (tertiary/aromatic N) is 1. The summed E-state index contributed by atoms with van der Waals surface area (Å²) in [5.74, 6) is 0.0685. The highest BCUT2D eigenvalue weighted by Crippen LogP contribution is 2.21. The summed E-state index contributed by atoms with van der Waals surface area (Å²) in [6, 6.07) is 3.88. The summed E-state index contributed by atoms with van der Waals surface area (Å²) in [6.07, 6.45) is 0.315. The van der Waals surface area contributed by atoms with Crippen LogP contribution in [0.25, 0.3) is 0 Å². The molecule has 0 aliphatic carbocycles. The van der Waals surface area contributed by atoms with Gasteiger partial charge in [0.1, 0.15) is 0 Å². The van der Waals surface area contributed by atoms with Crippen molar-refractivity contribution in [3.05, 3.63) is 34.4 Å². The van der Waals surface area contributed by atoms with Crippen LogP contribution >= 0.6 is 11.8 Å². The van der Waals surface area contributed by atoms with Gasteiger partial charge in [0.25, 0.3) is 5.24 Å².